The van der Waals surface area contributed by atoms with E-state index in [0.29, 0.717) is 11.9 Å². The number of fused-ring (bicyclic) bond motifs is 20. The molecule has 0 bridgehead atoms. The average Bonchev–Trinajstić information content (AvgIpc) is 1.54. The quantitative estimate of drug-likeness (QED) is 0.143. The number of nitrogens with zero attached hydrogens (tertiary/aromatic N) is 12. The smallest absolute Gasteiger partial charge is 0.235 e. The Morgan fingerprint density at radius 1 is 0.189 bits per heavy atom. The van der Waals surface area contributed by atoms with Crippen LogP contribution in [0.4, 0.5) is 0 Å². The van der Waals surface area contributed by atoms with Gasteiger partial charge in [0.2, 0.25) is 23.5 Å². The predicted molar refractivity (Wildman–Crippen MR) is 432 cm³/mol. The van der Waals surface area contributed by atoms with Crippen LogP contribution in [0.3, 0.4) is 0 Å². The summed E-state index contributed by atoms with van der Waals surface area (Å²) in [7, 11) is 0. The Kier molecular flexibility index (Phi) is 12.3. The number of imidazole rings is 4. The molecule has 12 nitrogen and oxygen atoms in total. The van der Waals surface area contributed by atoms with E-state index in [1.54, 1.807) is 0 Å². The molecular weight excluding hydrogens is 1300 g/mol. The van der Waals surface area contributed by atoms with Gasteiger partial charge in [-0.2, -0.15) is 0 Å². The minimum Gasteiger partial charge on any atom is -0.278 e. The number of rotatable bonds is 9. The van der Waals surface area contributed by atoms with Crippen LogP contribution in [0.5, 0.6) is 0 Å². The largest absolute Gasteiger partial charge is 0.278 e. The van der Waals surface area contributed by atoms with Gasteiger partial charge in [-0.05, 0) is 137 Å². The van der Waals surface area contributed by atoms with Crippen molar-refractivity contribution in [2.75, 3.05) is 0 Å². The first kappa shape index (κ1) is 58.1. The third kappa shape index (κ3) is 8.57. The van der Waals surface area contributed by atoms with E-state index in [2.05, 4.69) is 367 Å². The van der Waals surface area contributed by atoms with Gasteiger partial charge in [0, 0.05) is 59.9 Å². The summed E-state index contributed by atoms with van der Waals surface area (Å²) in [5, 5.41) is 8.42. The van der Waals surface area contributed by atoms with E-state index in [-0.39, 0.29) is 0 Å². The molecule has 0 saturated heterocycles. The van der Waals surface area contributed by atoms with Gasteiger partial charge in [0.05, 0.1) is 94.3 Å². The van der Waals surface area contributed by atoms with Gasteiger partial charge in [-0.3, -0.25) is 27.1 Å². The summed E-state index contributed by atoms with van der Waals surface area (Å²) >= 11 is 0. The molecular formula is C94H56N12. The van der Waals surface area contributed by atoms with Gasteiger partial charge in [0.15, 0.2) is 0 Å². The molecule has 0 aliphatic heterocycles. The third-order valence-electron chi connectivity index (χ3n) is 21.7. The van der Waals surface area contributed by atoms with Crippen LogP contribution in [0.2, 0.25) is 0 Å². The first-order valence-electron chi connectivity index (χ1n) is 35.8. The normalized spacial score (nSPS) is 12.2. The van der Waals surface area contributed by atoms with Gasteiger partial charge in [-0.1, -0.05) is 237 Å². The lowest BCUT2D eigenvalue weighted by atomic mass is 9.97. The molecule has 0 fully saturated rings. The fourth-order valence-corrected chi connectivity index (χ4v) is 16.8. The average molecular weight is 1350 g/mol. The molecule has 8 heterocycles. The van der Waals surface area contributed by atoms with E-state index < -0.39 is 0 Å². The summed E-state index contributed by atoms with van der Waals surface area (Å²) in [5.41, 5.74) is 26.4. The molecule has 15 aromatic carbocycles. The molecule has 23 rings (SSSR count). The summed E-state index contributed by atoms with van der Waals surface area (Å²) in [6.45, 7) is 0. The summed E-state index contributed by atoms with van der Waals surface area (Å²) < 4.78 is 13.7. The Hall–Kier alpha value is -14.6. The second kappa shape index (κ2) is 22.4. The van der Waals surface area contributed by atoms with Crippen LogP contribution < -0.4 is 0 Å². The highest BCUT2D eigenvalue weighted by molar-refractivity contribution is 6.22. The second-order valence-corrected chi connectivity index (χ2v) is 27.5. The lowest BCUT2D eigenvalue weighted by molar-refractivity contribution is 1.01. The van der Waals surface area contributed by atoms with Crippen molar-refractivity contribution >= 4 is 132 Å². The number of benzene rings is 15. The van der Waals surface area contributed by atoms with Crippen molar-refractivity contribution in [2.24, 2.45) is 0 Å². The second-order valence-electron chi connectivity index (χ2n) is 27.5. The highest BCUT2D eigenvalue weighted by Gasteiger charge is 2.27. The fraction of sp³-hybridized carbons (Fsp3) is 0. The van der Waals surface area contributed by atoms with Crippen LogP contribution in [-0.2, 0) is 0 Å². The summed E-state index contributed by atoms with van der Waals surface area (Å²) in [4.78, 5) is 32.9. The molecule has 0 spiro atoms. The number of hydrogen-bond acceptors (Lipinski definition) is 6. The van der Waals surface area contributed by atoms with Gasteiger partial charge < -0.3 is 0 Å². The van der Waals surface area contributed by atoms with Crippen molar-refractivity contribution in [1.29, 1.82) is 0 Å². The molecule has 0 atom stereocenters. The minimum atomic E-state index is 0.582. The molecule has 0 aliphatic carbocycles. The molecule has 23 aromatic rings. The van der Waals surface area contributed by atoms with E-state index in [0.717, 1.165) is 199 Å². The summed E-state index contributed by atoms with van der Waals surface area (Å²) in [5.74, 6) is 2.89. The number of aromatic nitrogens is 12. The Morgan fingerprint density at radius 3 is 1.27 bits per heavy atom. The fourth-order valence-electron chi connectivity index (χ4n) is 16.8. The minimum absolute atomic E-state index is 0.582. The maximum atomic E-state index is 5.61. The van der Waals surface area contributed by atoms with Crippen molar-refractivity contribution < 1.29 is 0 Å². The Morgan fingerprint density at radius 2 is 0.613 bits per heavy atom. The van der Waals surface area contributed by atoms with E-state index in [1.807, 2.05) is 0 Å². The van der Waals surface area contributed by atoms with Crippen molar-refractivity contribution in [3.63, 3.8) is 0 Å². The Labute approximate surface area is 604 Å². The first-order valence-corrected chi connectivity index (χ1v) is 35.8. The zero-order chi connectivity index (χ0) is 69.2. The van der Waals surface area contributed by atoms with Gasteiger partial charge in [0.25, 0.3) is 0 Å². The highest BCUT2D eigenvalue weighted by Crippen LogP contribution is 2.45. The Balaban J connectivity index is 0.688. The van der Waals surface area contributed by atoms with Crippen molar-refractivity contribution in [1.82, 2.24) is 57.0 Å². The molecule has 106 heavy (non-hydrogen) atoms. The summed E-state index contributed by atoms with van der Waals surface area (Å²) in [6.07, 6.45) is 0. The molecule has 0 radical (unpaired) electrons. The predicted octanol–water partition coefficient (Wildman–Crippen LogP) is 22.7. The lowest BCUT2D eigenvalue weighted by Crippen LogP contribution is -2.04. The van der Waals surface area contributed by atoms with Crippen LogP contribution in [0, 0.1) is 0 Å². The van der Waals surface area contributed by atoms with Crippen LogP contribution in [0.1, 0.15) is 0 Å². The molecule has 0 N–H and O–H groups in total. The van der Waals surface area contributed by atoms with E-state index in [4.69, 9.17) is 29.9 Å². The van der Waals surface area contributed by atoms with Gasteiger partial charge in [-0.25, -0.2) is 29.9 Å². The van der Waals surface area contributed by atoms with E-state index >= 15 is 0 Å². The van der Waals surface area contributed by atoms with Crippen molar-refractivity contribution in [3.8, 4) is 79.2 Å². The molecule has 8 aromatic heterocycles. The molecule has 0 unspecified atom stereocenters. The maximum absolute atomic E-state index is 5.61. The highest BCUT2D eigenvalue weighted by atomic mass is 15.2. The van der Waals surface area contributed by atoms with Crippen molar-refractivity contribution in [2.45, 2.75) is 0 Å². The SMILES string of the molecule is c1ccc(-c2ccc(-c3nc(-n4c5ccccc5c5cc(-n6c7ccccc7n7c8ccccc8nc67)ccc54)nc4cc(-c5ccc(-c6ccc7c8cc(-n9c%10ccccc%10n%10c%11ccccc%11nc9%10)c9ccccc9c8n(-c8nc(-c9ccccc9)c9ccccc9n8)c7c6)cc5)ccc34)cc2)cc1. The van der Waals surface area contributed by atoms with E-state index in [1.165, 1.54) is 0 Å². The van der Waals surface area contributed by atoms with Gasteiger partial charge in [-0.15, -0.1) is 0 Å². The van der Waals surface area contributed by atoms with Crippen LogP contribution in [0.25, 0.3) is 211 Å². The summed E-state index contributed by atoms with van der Waals surface area (Å²) in [6, 6.07) is 121. The molecule has 0 saturated carbocycles. The number of para-hydroxylation sites is 10. The van der Waals surface area contributed by atoms with Gasteiger partial charge in [0.1, 0.15) is 0 Å². The van der Waals surface area contributed by atoms with Crippen molar-refractivity contribution in [3.05, 3.63) is 340 Å². The van der Waals surface area contributed by atoms with Gasteiger partial charge >= 0.3 is 0 Å². The van der Waals surface area contributed by atoms with Crippen LogP contribution >= 0.6 is 0 Å². The topological polar surface area (TPSA) is 106 Å². The zero-order valence-electron chi connectivity index (χ0n) is 56.7. The standard InChI is InChI=1S/C94H56N12/c1-3-21-57(22-4-1)58-43-45-62(46-44-58)89-71-51-48-63(53-77(71)96-91(99-89)102-78-32-14-10-26-67(78)72-55-65(49-52-79(72)102)101-82-35-17-18-36-83(82)103-80-33-15-12-30-75(80)97-93(101)103)59-39-41-60(42-40-59)64-47-50-68-73-56-87(105-85-38-20-19-37-84(85)104-81-34-16-13-31-76(81)98-94(104)105)66-25-7-8-27-69(66)90(73)106(86(68)54-64)92-95-74-29-11-9-28-70(74)88(100-92)61-23-5-2-6-24-61/h1-56H. The lowest BCUT2D eigenvalue weighted by Gasteiger charge is -2.15. The molecule has 492 valence electrons. The molecule has 12 heteroatoms. The first-order chi connectivity index (χ1) is 52.6. The monoisotopic (exact) mass is 1350 g/mol. The van der Waals surface area contributed by atoms with E-state index in [9.17, 15) is 0 Å². The maximum Gasteiger partial charge on any atom is 0.235 e. The Bertz CT molecular complexity index is 7620. The molecule has 0 aliphatic rings. The van der Waals surface area contributed by atoms with Crippen LogP contribution in [-0.4, -0.2) is 57.0 Å². The van der Waals surface area contributed by atoms with Crippen LogP contribution in [0.15, 0.2) is 340 Å². The molecule has 0 amide bonds. The zero-order valence-corrected chi connectivity index (χ0v) is 56.7. The number of hydrogen-bond donors (Lipinski definition) is 0. The third-order valence-corrected chi connectivity index (χ3v) is 21.7.